The molecule has 3 aromatic rings. The Kier molecular flexibility index (Phi) is 4.78. The summed E-state index contributed by atoms with van der Waals surface area (Å²) in [6, 6.07) is 6.40. The fourth-order valence-electron chi connectivity index (χ4n) is 3.92. The minimum Gasteiger partial charge on any atom is -0.378 e. The van der Waals surface area contributed by atoms with Gasteiger partial charge in [-0.1, -0.05) is 11.2 Å². The summed E-state index contributed by atoms with van der Waals surface area (Å²) in [5.74, 6) is 0.852. The quantitative estimate of drug-likeness (QED) is 0.754. The molecule has 6 heteroatoms. The molecule has 0 radical (unpaired) electrons. The van der Waals surface area contributed by atoms with Gasteiger partial charge in [0.25, 0.3) is 0 Å². The molecule has 1 N–H and O–H groups in total. The van der Waals surface area contributed by atoms with E-state index in [-0.39, 0.29) is 0 Å². The molecule has 0 amide bonds. The van der Waals surface area contributed by atoms with Gasteiger partial charge in [0.1, 0.15) is 5.76 Å². The molecule has 4 rings (SSSR count). The number of nitrogens with one attached hydrogen (secondary N) is 1. The molecule has 0 unspecified atom stereocenters. The number of hydrogen-bond acceptors (Lipinski definition) is 5. The van der Waals surface area contributed by atoms with Gasteiger partial charge in [-0.05, 0) is 51.3 Å². The molecule has 0 bridgehead atoms. The van der Waals surface area contributed by atoms with Crippen molar-refractivity contribution in [2.75, 3.05) is 19.7 Å². The first-order valence-corrected chi connectivity index (χ1v) is 9.40. The van der Waals surface area contributed by atoms with Gasteiger partial charge in [-0.2, -0.15) is 5.10 Å². The average Bonchev–Trinajstić information content (AvgIpc) is 3.19. The molecule has 0 aliphatic carbocycles. The van der Waals surface area contributed by atoms with E-state index < -0.39 is 0 Å². The molecule has 138 valence electrons. The van der Waals surface area contributed by atoms with Crippen LogP contribution in [0, 0.1) is 13.8 Å². The maximum absolute atomic E-state index is 5.75. The molecule has 1 saturated heterocycles. The Morgan fingerprint density at radius 2 is 2.08 bits per heavy atom. The van der Waals surface area contributed by atoms with E-state index in [0.717, 1.165) is 72.9 Å². The average molecular weight is 354 g/mol. The zero-order chi connectivity index (χ0) is 18.1. The van der Waals surface area contributed by atoms with Crippen LogP contribution in [-0.4, -0.2) is 46.1 Å². The summed E-state index contributed by atoms with van der Waals surface area (Å²) < 4.78 is 11.1. The summed E-state index contributed by atoms with van der Waals surface area (Å²) in [6.45, 7) is 9.79. The van der Waals surface area contributed by atoms with E-state index >= 15 is 0 Å². The first-order chi connectivity index (χ1) is 12.7. The smallest absolute Gasteiger partial charge is 0.141 e. The van der Waals surface area contributed by atoms with Crippen LogP contribution in [0.2, 0.25) is 0 Å². The summed E-state index contributed by atoms with van der Waals surface area (Å²) in [5, 5.41) is 13.0. The molecule has 0 spiro atoms. The van der Waals surface area contributed by atoms with Gasteiger partial charge in [0.2, 0.25) is 0 Å². The maximum Gasteiger partial charge on any atom is 0.141 e. The van der Waals surface area contributed by atoms with Crippen LogP contribution in [0.25, 0.3) is 22.0 Å². The number of H-pyrrole nitrogens is 1. The predicted octanol–water partition coefficient (Wildman–Crippen LogP) is 3.84. The van der Waals surface area contributed by atoms with Crippen LogP contribution >= 0.6 is 0 Å². The number of nitrogens with zero attached hydrogens (tertiary/aromatic N) is 3. The van der Waals surface area contributed by atoms with Crippen LogP contribution in [-0.2, 0) is 11.3 Å². The van der Waals surface area contributed by atoms with Crippen molar-refractivity contribution in [3.05, 3.63) is 35.3 Å². The van der Waals surface area contributed by atoms with E-state index in [1.165, 1.54) is 5.39 Å². The summed E-state index contributed by atoms with van der Waals surface area (Å²) in [7, 11) is 0. The Labute approximate surface area is 153 Å². The normalized spacial score (nSPS) is 16.6. The van der Waals surface area contributed by atoms with Crippen molar-refractivity contribution in [3.63, 3.8) is 0 Å². The van der Waals surface area contributed by atoms with E-state index in [0.29, 0.717) is 6.10 Å². The number of rotatable bonds is 5. The van der Waals surface area contributed by atoms with E-state index in [1.807, 2.05) is 13.8 Å². The lowest BCUT2D eigenvalue weighted by atomic mass is 10.0. The van der Waals surface area contributed by atoms with Gasteiger partial charge in [-0.3, -0.25) is 10.00 Å². The Morgan fingerprint density at radius 1 is 1.27 bits per heavy atom. The van der Waals surface area contributed by atoms with Crippen molar-refractivity contribution in [2.45, 2.75) is 46.3 Å². The second-order valence-electron chi connectivity index (χ2n) is 7.06. The number of likely N-dealkylation sites (tertiary alicyclic amines) is 1. The van der Waals surface area contributed by atoms with Crippen LogP contribution in [0.15, 0.2) is 22.7 Å². The fourth-order valence-corrected chi connectivity index (χ4v) is 3.92. The number of benzene rings is 1. The summed E-state index contributed by atoms with van der Waals surface area (Å²) in [4.78, 5) is 2.47. The summed E-state index contributed by atoms with van der Waals surface area (Å²) in [6.07, 6.45) is 2.61. The van der Waals surface area contributed by atoms with Gasteiger partial charge in [-0.25, -0.2) is 0 Å². The van der Waals surface area contributed by atoms with Crippen LogP contribution in [0.3, 0.4) is 0 Å². The second kappa shape index (κ2) is 7.21. The number of aromatic amines is 1. The SMILES string of the molecule is CCOC1CCN(Cc2n[nH]c3ccc(-c4c(C)noc4C)cc23)CC1. The highest BCUT2D eigenvalue weighted by Gasteiger charge is 2.21. The lowest BCUT2D eigenvalue weighted by Gasteiger charge is -2.31. The molecule has 2 aromatic heterocycles. The first-order valence-electron chi connectivity index (χ1n) is 9.40. The monoisotopic (exact) mass is 354 g/mol. The maximum atomic E-state index is 5.75. The minimum absolute atomic E-state index is 0.415. The van der Waals surface area contributed by atoms with Gasteiger partial charge >= 0.3 is 0 Å². The van der Waals surface area contributed by atoms with Crippen molar-refractivity contribution < 1.29 is 9.26 Å². The molecular formula is C20H26N4O2. The number of hydrogen-bond donors (Lipinski definition) is 1. The third-order valence-electron chi connectivity index (χ3n) is 5.27. The topological polar surface area (TPSA) is 67.2 Å². The third-order valence-corrected chi connectivity index (χ3v) is 5.27. The Hall–Kier alpha value is -2.18. The highest BCUT2D eigenvalue weighted by Crippen LogP contribution is 2.30. The standard InChI is InChI=1S/C20H26N4O2/c1-4-25-16-7-9-24(10-8-16)12-19-17-11-15(5-6-18(17)21-22-19)20-13(2)23-26-14(20)3/h5-6,11,16H,4,7-10,12H2,1-3H3,(H,21,22). The predicted molar refractivity (Wildman–Crippen MR) is 101 cm³/mol. The molecule has 1 aromatic carbocycles. The highest BCUT2D eigenvalue weighted by molar-refractivity contribution is 5.87. The summed E-state index contributed by atoms with van der Waals surface area (Å²) >= 11 is 0. The first kappa shape index (κ1) is 17.2. The minimum atomic E-state index is 0.415. The van der Waals surface area contributed by atoms with E-state index in [9.17, 15) is 0 Å². The fraction of sp³-hybridized carbons (Fsp3) is 0.500. The van der Waals surface area contributed by atoms with Gasteiger partial charge in [0.05, 0.1) is 23.0 Å². The van der Waals surface area contributed by atoms with E-state index in [1.54, 1.807) is 0 Å². The van der Waals surface area contributed by atoms with Crippen LogP contribution < -0.4 is 0 Å². The largest absolute Gasteiger partial charge is 0.378 e. The number of aryl methyl sites for hydroxylation is 2. The Morgan fingerprint density at radius 3 is 2.77 bits per heavy atom. The van der Waals surface area contributed by atoms with E-state index in [4.69, 9.17) is 9.26 Å². The molecule has 3 heterocycles. The zero-order valence-electron chi connectivity index (χ0n) is 15.7. The molecule has 26 heavy (non-hydrogen) atoms. The number of aromatic nitrogens is 3. The number of fused-ring (bicyclic) bond motifs is 1. The van der Waals surface area contributed by atoms with Crippen molar-refractivity contribution in [2.24, 2.45) is 0 Å². The molecule has 1 fully saturated rings. The van der Waals surface area contributed by atoms with Crippen molar-refractivity contribution in [3.8, 4) is 11.1 Å². The van der Waals surface area contributed by atoms with Crippen molar-refractivity contribution in [1.29, 1.82) is 0 Å². The van der Waals surface area contributed by atoms with E-state index in [2.05, 4.69) is 45.4 Å². The van der Waals surface area contributed by atoms with Crippen molar-refractivity contribution in [1.82, 2.24) is 20.3 Å². The van der Waals surface area contributed by atoms with Gasteiger partial charge < -0.3 is 9.26 Å². The van der Waals surface area contributed by atoms with Crippen LogP contribution in [0.1, 0.15) is 36.9 Å². The van der Waals surface area contributed by atoms with Crippen LogP contribution in [0.4, 0.5) is 0 Å². The lowest BCUT2D eigenvalue weighted by Crippen LogP contribution is -2.36. The molecule has 1 aliphatic rings. The molecular weight excluding hydrogens is 328 g/mol. The molecule has 0 saturated carbocycles. The lowest BCUT2D eigenvalue weighted by molar-refractivity contribution is 0.0123. The molecule has 1 aliphatic heterocycles. The van der Waals surface area contributed by atoms with Gasteiger partial charge in [-0.15, -0.1) is 0 Å². The zero-order valence-corrected chi connectivity index (χ0v) is 15.7. The Balaban J connectivity index is 1.56. The van der Waals surface area contributed by atoms with Gasteiger partial charge in [0.15, 0.2) is 0 Å². The molecule has 0 atom stereocenters. The number of ether oxygens (including phenoxy) is 1. The van der Waals surface area contributed by atoms with Crippen LogP contribution in [0.5, 0.6) is 0 Å². The Bertz CT molecular complexity index is 871. The molecule has 6 nitrogen and oxygen atoms in total. The highest BCUT2D eigenvalue weighted by atomic mass is 16.5. The van der Waals surface area contributed by atoms with Crippen molar-refractivity contribution >= 4 is 10.9 Å². The second-order valence-corrected chi connectivity index (χ2v) is 7.06. The third kappa shape index (κ3) is 3.27. The summed E-state index contributed by atoms with van der Waals surface area (Å²) in [5.41, 5.74) is 5.30. The number of piperidine rings is 1. The van der Waals surface area contributed by atoms with Gasteiger partial charge in [0, 0.05) is 37.2 Å².